The van der Waals surface area contributed by atoms with Gasteiger partial charge < -0.3 is 9.47 Å². The van der Waals surface area contributed by atoms with Crippen molar-refractivity contribution in [1.82, 2.24) is 9.55 Å². The third kappa shape index (κ3) is 3.50. The van der Waals surface area contributed by atoms with Crippen LogP contribution >= 0.6 is 0 Å². The number of anilines is 1. The van der Waals surface area contributed by atoms with Crippen LogP contribution in [0.15, 0.2) is 53.3 Å². The molecule has 2 aromatic carbocycles. The Morgan fingerprint density at radius 2 is 1.81 bits per heavy atom. The highest BCUT2D eigenvalue weighted by atomic mass is 16.5. The zero-order chi connectivity index (χ0) is 19.4. The largest absolute Gasteiger partial charge is 0.465 e. The van der Waals surface area contributed by atoms with Crippen molar-refractivity contribution in [1.29, 1.82) is 0 Å². The Labute approximate surface area is 154 Å². The summed E-state index contributed by atoms with van der Waals surface area (Å²) in [5.41, 5.74) is 0.357. The van der Waals surface area contributed by atoms with Gasteiger partial charge >= 0.3 is 12.1 Å². The standard InChI is InChI=1S/C19H17N3O5/c1-3-27-19(25)21-18-20-14-10-6-4-8-12(14)16(23)22(18)15-11-7-5-9-13(15)17(24)26-2/h4-11H,3H2,1-2H3,(H,20,21,25). The minimum absolute atomic E-state index is 0.0616. The van der Waals surface area contributed by atoms with Gasteiger partial charge in [0.15, 0.2) is 0 Å². The molecule has 8 heteroatoms. The van der Waals surface area contributed by atoms with Gasteiger partial charge in [-0.3, -0.25) is 10.1 Å². The third-order valence-corrected chi connectivity index (χ3v) is 3.82. The molecule has 27 heavy (non-hydrogen) atoms. The molecule has 3 rings (SSSR count). The maximum absolute atomic E-state index is 13.1. The van der Waals surface area contributed by atoms with E-state index in [0.717, 1.165) is 4.57 Å². The van der Waals surface area contributed by atoms with Gasteiger partial charge in [0, 0.05) is 0 Å². The Hall–Kier alpha value is -3.68. The molecular weight excluding hydrogens is 350 g/mol. The van der Waals surface area contributed by atoms with Crippen molar-refractivity contribution in [3.8, 4) is 5.69 Å². The molecule has 0 aliphatic rings. The number of methoxy groups -OCH3 is 1. The smallest absolute Gasteiger partial charge is 0.413 e. The average molecular weight is 367 g/mol. The van der Waals surface area contributed by atoms with Gasteiger partial charge in [0.05, 0.1) is 35.9 Å². The number of carbonyl (C=O) groups is 2. The van der Waals surface area contributed by atoms with Crippen LogP contribution in [0.1, 0.15) is 17.3 Å². The number of carbonyl (C=O) groups excluding carboxylic acids is 2. The summed E-state index contributed by atoms with van der Waals surface area (Å²) in [6.07, 6.45) is -0.760. The minimum atomic E-state index is -0.760. The Balaban J connectivity index is 2.31. The molecule has 0 bridgehead atoms. The van der Waals surface area contributed by atoms with Gasteiger partial charge in [-0.05, 0) is 31.2 Å². The zero-order valence-corrected chi connectivity index (χ0v) is 14.8. The first-order chi connectivity index (χ1) is 13.1. The number of hydrogen-bond donors (Lipinski definition) is 1. The number of esters is 1. The van der Waals surface area contributed by atoms with Crippen LogP contribution in [0.4, 0.5) is 10.7 Å². The van der Waals surface area contributed by atoms with Gasteiger partial charge in [0.1, 0.15) is 0 Å². The summed E-state index contributed by atoms with van der Waals surface area (Å²) in [6, 6.07) is 13.1. The summed E-state index contributed by atoms with van der Waals surface area (Å²) >= 11 is 0. The van der Waals surface area contributed by atoms with E-state index < -0.39 is 17.6 Å². The quantitative estimate of drug-likeness (QED) is 0.712. The van der Waals surface area contributed by atoms with E-state index in [2.05, 4.69) is 10.3 Å². The van der Waals surface area contributed by atoms with Gasteiger partial charge in [-0.15, -0.1) is 0 Å². The Bertz CT molecular complexity index is 1070. The summed E-state index contributed by atoms with van der Waals surface area (Å²) in [5.74, 6) is -0.679. The molecule has 0 atom stereocenters. The highest BCUT2D eigenvalue weighted by molar-refractivity contribution is 5.94. The lowest BCUT2D eigenvalue weighted by molar-refractivity contribution is 0.0600. The fourth-order valence-electron chi connectivity index (χ4n) is 2.65. The van der Waals surface area contributed by atoms with Crippen LogP contribution in [0, 0.1) is 0 Å². The molecule has 3 aromatic rings. The highest BCUT2D eigenvalue weighted by Gasteiger charge is 2.20. The second-order valence-electron chi connectivity index (χ2n) is 5.45. The summed E-state index contributed by atoms with van der Waals surface area (Å²) in [4.78, 5) is 41.6. The number of benzene rings is 2. The first-order valence-corrected chi connectivity index (χ1v) is 8.20. The maximum atomic E-state index is 13.1. The minimum Gasteiger partial charge on any atom is -0.465 e. The van der Waals surface area contributed by atoms with E-state index in [0.29, 0.717) is 10.9 Å². The van der Waals surface area contributed by atoms with E-state index in [1.165, 1.54) is 13.2 Å². The Kier molecular flexibility index (Phi) is 5.16. The van der Waals surface area contributed by atoms with Crippen LogP contribution < -0.4 is 10.9 Å². The topological polar surface area (TPSA) is 99.5 Å². The number of nitrogens with one attached hydrogen (secondary N) is 1. The molecule has 8 nitrogen and oxygen atoms in total. The van der Waals surface area contributed by atoms with Crippen molar-refractivity contribution in [2.24, 2.45) is 0 Å². The number of hydrogen-bond acceptors (Lipinski definition) is 6. The fourth-order valence-corrected chi connectivity index (χ4v) is 2.65. The van der Waals surface area contributed by atoms with Gasteiger partial charge in [-0.1, -0.05) is 24.3 Å². The van der Waals surface area contributed by atoms with E-state index in [9.17, 15) is 14.4 Å². The molecule has 0 saturated heterocycles. The third-order valence-electron chi connectivity index (χ3n) is 3.82. The molecule has 0 radical (unpaired) electrons. The molecule has 0 saturated carbocycles. The lowest BCUT2D eigenvalue weighted by atomic mass is 10.1. The molecule has 0 unspecified atom stereocenters. The normalized spacial score (nSPS) is 10.4. The molecule has 138 valence electrons. The van der Waals surface area contributed by atoms with Crippen molar-refractivity contribution in [3.63, 3.8) is 0 Å². The molecule has 1 heterocycles. The van der Waals surface area contributed by atoms with E-state index >= 15 is 0 Å². The van der Waals surface area contributed by atoms with Crippen LogP contribution in [0.2, 0.25) is 0 Å². The second kappa shape index (κ2) is 7.69. The van der Waals surface area contributed by atoms with Gasteiger partial charge in [-0.2, -0.15) is 0 Å². The molecule has 0 spiro atoms. The molecule has 1 aromatic heterocycles. The number of para-hydroxylation sites is 2. The van der Waals surface area contributed by atoms with E-state index in [1.807, 2.05) is 0 Å². The van der Waals surface area contributed by atoms with Gasteiger partial charge in [0.25, 0.3) is 5.56 Å². The number of amides is 1. The Morgan fingerprint density at radius 1 is 1.11 bits per heavy atom. The number of ether oxygens (including phenoxy) is 2. The van der Waals surface area contributed by atoms with Crippen LogP contribution in [-0.2, 0) is 9.47 Å². The summed E-state index contributed by atoms with van der Waals surface area (Å²) in [6.45, 7) is 1.81. The first kappa shape index (κ1) is 18.1. The second-order valence-corrected chi connectivity index (χ2v) is 5.45. The number of aromatic nitrogens is 2. The monoisotopic (exact) mass is 367 g/mol. The Morgan fingerprint density at radius 3 is 2.56 bits per heavy atom. The summed E-state index contributed by atoms with van der Waals surface area (Å²) in [7, 11) is 1.25. The van der Waals surface area contributed by atoms with Crippen molar-refractivity contribution in [2.45, 2.75) is 6.92 Å². The predicted molar refractivity (Wildman–Crippen MR) is 99.3 cm³/mol. The molecular formula is C19H17N3O5. The van der Waals surface area contributed by atoms with Crippen molar-refractivity contribution in [3.05, 3.63) is 64.4 Å². The average Bonchev–Trinajstić information content (AvgIpc) is 2.68. The molecule has 0 aliphatic carbocycles. The molecule has 0 fully saturated rings. The van der Waals surface area contributed by atoms with E-state index in [4.69, 9.17) is 9.47 Å². The van der Waals surface area contributed by atoms with Gasteiger partial charge in [0.2, 0.25) is 5.95 Å². The lowest BCUT2D eigenvalue weighted by Gasteiger charge is -2.16. The van der Waals surface area contributed by atoms with Gasteiger partial charge in [-0.25, -0.2) is 19.1 Å². The maximum Gasteiger partial charge on any atom is 0.413 e. The molecule has 1 amide bonds. The summed E-state index contributed by atoms with van der Waals surface area (Å²) in [5, 5.41) is 2.81. The number of rotatable bonds is 4. The SMILES string of the molecule is CCOC(=O)Nc1nc2ccccc2c(=O)n1-c1ccccc1C(=O)OC. The summed E-state index contributed by atoms with van der Waals surface area (Å²) < 4.78 is 10.8. The number of nitrogens with zero attached hydrogens (tertiary/aromatic N) is 2. The van der Waals surface area contributed by atoms with Crippen LogP contribution in [-0.4, -0.2) is 35.3 Å². The van der Waals surface area contributed by atoms with Crippen LogP contribution in [0.5, 0.6) is 0 Å². The van der Waals surface area contributed by atoms with E-state index in [1.54, 1.807) is 49.4 Å². The van der Waals surface area contributed by atoms with Crippen LogP contribution in [0.25, 0.3) is 16.6 Å². The fraction of sp³-hybridized carbons (Fsp3) is 0.158. The van der Waals surface area contributed by atoms with Crippen molar-refractivity contribution >= 4 is 28.9 Å². The van der Waals surface area contributed by atoms with Crippen LogP contribution in [0.3, 0.4) is 0 Å². The highest BCUT2D eigenvalue weighted by Crippen LogP contribution is 2.20. The molecule has 1 N–H and O–H groups in total. The van der Waals surface area contributed by atoms with Crippen molar-refractivity contribution in [2.75, 3.05) is 19.0 Å². The number of fused-ring (bicyclic) bond motifs is 1. The van der Waals surface area contributed by atoms with Crippen molar-refractivity contribution < 1.29 is 19.1 Å². The first-order valence-electron chi connectivity index (χ1n) is 8.20. The molecule has 0 aliphatic heterocycles. The zero-order valence-electron chi connectivity index (χ0n) is 14.8. The predicted octanol–water partition coefficient (Wildman–Crippen LogP) is 2.74. The lowest BCUT2D eigenvalue weighted by Crippen LogP contribution is -2.27. The van der Waals surface area contributed by atoms with E-state index in [-0.39, 0.29) is 23.8 Å².